The summed E-state index contributed by atoms with van der Waals surface area (Å²) in [5, 5.41) is 7.59. The molecule has 2 rings (SSSR count). The summed E-state index contributed by atoms with van der Waals surface area (Å²) in [6, 6.07) is 8.54. The molecule has 0 amide bonds. The zero-order chi connectivity index (χ0) is 12.8. The highest BCUT2D eigenvalue weighted by molar-refractivity contribution is 5.26. The van der Waals surface area contributed by atoms with Crippen LogP contribution in [0.15, 0.2) is 30.6 Å². The zero-order valence-corrected chi connectivity index (χ0v) is 11.1. The molecule has 4 nitrogen and oxygen atoms in total. The van der Waals surface area contributed by atoms with Crippen molar-refractivity contribution >= 4 is 0 Å². The van der Waals surface area contributed by atoms with E-state index >= 15 is 0 Å². The Morgan fingerprint density at radius 3 is 2.61 bits per heavy atom. The van der Waals surface area contributed by atoms with Crippen molar-refractivity contribution in [2.45, 2.75) is 39.9 Å². The van der Waals surface area contributed by atoms with Gasteiger partial charge in [0.2, 0.25) is 0 Å². The van der Waals surface area contributed by atoms with Crippen LogP contribution in [0, 0.1) is 0 Å². The number of hydrogen-bond acceptors (Lipinski definition) is 3. The molecule has 0 radical (unpaired) electrons. The predicted molar refractivity (Wildman–Crippen MR) is 72.1 cm³/mol. The average molecular weight is 244 g/mol. The Balaban J connectivity index is 1.92. The number of aromatic nitrogens is 3. The molecule has 96 valence electrons. The molecule has 0 aliphatic heterocycles. The van der Waals surface area contributed by atoms with E-state index in [1.165, 1.54) is 11.1 Å². The van der Waals surface area contributed by atoms with Gasteiger partial charge in [0.05, 0.1) is 6.54 Å². The number of rotatable bonds is 6. The lowest BCUT2D eigenvalue weighted by Gasteiger charge is -2.09. The molecule has 1 heterocycles. The molecule has 4 heteroatoms. The van der Waals surface area contributed by atoms with Crippen LogP contribution >= 0.6 is 0 Å². The third-order valence-corrected chi connectivity index (χ3v) is 3.09. The van der Waals surface area contributed by atoms with E-state index in [0.29, 0.717) is 0 Å². The van der Waals surface area contributed by atoms with Gasteiger partial charge >= 0.3 is 0 Å². The van der Waals surface area contributed by atoms with E-state index in [4.69, 9.17) is 0 Å². The van der Waals surface area contributed by atoms with Gasteiger partial charge in [-0.3, -0.25) is 0 Å². The first kappa shape index (κ1) is 12.8. The molecule has 0 bridgehead atoms. The van der Waals surface area contributed by atoms with E-state index in [2.05, 4.69) is 53.5 Å². The van der Waals surface area contributed by atoms with E-state index in [1.54, 1.807) is 6.33 Å². The Morgan fingerprint density at radius 2 is 1.89 bits per heavy atom. The summed E-state index contributed by atoms with van der Waals surface area (Å²) in [5.41, 5.74) is 2.77. The first-order valence-electron chi connectivity index (χ1n) is 6.49. The van der Waals surface area contributed by atoms with Gasteiger partial charge in [-0.1, -0.05) is 31.2 Å². The van der Waals surface area contributed by atoms with Gasteiger partial charge in [-0.15, -0.1) is 0 Å². The minimum Gasteiger partial charge on any atom is -0.306 e. The van der Waals surface area contributed by atoms with Crippen LogP contribution in [0.1, 0.15) is 30.8 Å². The second kappa shape index (κ2) is 6.31. The minimum absolute atomic E-state index is 0.756. The van der Waals surface area contributed by atoms with Crippen LogP contribution in [-0.2, 0) is 26.1 Å². The van der Waals surface area contributed by atoms with Crippen LogP contribution in [0.25, 0.3) is 0 Å². The summed E-state index contributed by atoms with van der Waals surface area (Å²) in [6.07, 6.45) is 2.68. The van der Waals surface area contributed by atoms with Crippen LogP contribution < -0.4 is 5.32 Å². The molecule has 2 aromatic rings. The Hall–Kier alpha value is -1.68. The summed E-state index contributed by atoms with van der Waals surface area (Å²) in [5.74, 6) is 0.992. The summed E-state index contributed by atoms with van der Waals surface area (Å²) in [6.45, 7) is 6.76. The second-order valence-corrected chi connectivity index (χ2v) is 4.22. The molecule has 1 aromatic heterocycles. The van der Waals surface area contributed by atoms with Crippen molar-refractivity contribution in [2.24, 2.45) is 0 Å². The van der Waals surface area contributed by atoms with Crippen molar-refractivity contribution in [2.75, 3.05) is 0 Å². The monoisotopic (exact) mass is 244 g/mol. The van der Waals surface area contributed by atoms with Crippen LogP contribution in [0.3, 0.4) is 0 Å². The number of hydrogen-bond donors (Lipinski definition) is 1. The number of nitrogens with zero attached hydrogens (tertiary/aromatic N) is 3. The van der Waals surface area contributed by atoms with E-state index in [1.807, 2.05) is 4.68 Å². The van der Waals surface area contributed by atoms with Crippen LogP contribution in [0.5, 0.6) is 0 Å². The topological polar surface area (TPSA) is 42.7 Å². The lowest BCUT2D eigenvalue weighted by Crippen LogP contribution is -2.17. The number of benzene rings is 1. The largest absolute Gasteiger partial charge is 0.306 e. The summed E-state index contributed by atoms with van der Waals surface area (Å²) in [7, 11) is 0. The van der Waals surface area contributed by atoms with Gasteiger partial charge in [-0.2, -0.15) is 5.10 Å². The quantitative estimate of drug-likeness (QED) is 0.846. The highest BCUT2D eigenvalue weighted by Crippen LogP contribution is 2.09. The molecule has 0 aliphatic rings. The van der Waals surface area contributed by atoms with Gasteiger partial charge in [-0.25, -0.2) is 9.67 Å². The van der Waals surface area contributed by atoms with Crippen molar-refractivity contribution in [1.82, 2.24) is 20.1 Å². The van der Waals surface area contributed by atoms with Gasteiger partial charge < -0.3 is 5.32 Å². The molecule has 0 spiro atoms. The van der Waals surface area contributed by atoms with Crippen LogP contribution in [0.2, 0.25) is 0 Å². The Bertz CT molecular complexity index is 490. The van der Waals surface area contributed by atoms with Crippen molar-refractivity contribution in [3.63, 3.8) is 0 Å². The lowest BCUT2D eigenvalue weighted by atomic mass is 10.1. The van der Waals surface area contributed by atoms with Crippen molar-refractivity contribution in [3.8, 4) is 0 Å². The Labute approximate surface area is 108 Å². The van der Waals surface area contributed by atoms with E-state index in [9.17, 15) is 0 Å². The van der Waals surface area contributed by atoms with Gasteiger partial charge in [0.15, 0.2) is 0 Å². The van der Waals surface area contributed by atoms with Crippen molar-refractivity contribution < 1.29 is 0 Å². The Kier molecular flexibility index (Phi) is 4.47. The first-order valence-corrected chi connectivity index (χ1v) is 6.49. The molecule has 1 aromatic carbocycles. The van der Waals surface area contributed by atoms with Gasteiger partial charge in [-0.05, 0) is 24.5 Å². The minimum atomic E-state index is 0.756. The predicted octanol–water partition coefficient (Wildman–Crippen LogP) is 2.15. The third-order valence-electron chi connectivity index (χ3n) is 3.09. The summed E-state index contributed by atoms with van der Waals surface area (Å²) in [4.78, 5) is 4.25. The van der Waals surface area contributed by atoms with Gasteiger partial charge in [0, 0.05) is 13.1 Å². The smallest absolute Gasteiger partial charge is 0.140 e. The van der Waals surface area contributed by atoms with E-state index in [-0.39, 0.29) is 0 Å². The van der Waals surface area contributed by atoms with E-state index in [0.717, 1.165) is 31.9 Å². The second-order valence-electron chi connectivity index (χ2n) is 4.22. The van der Waals surface area contributed by atoms with E-state index < -0.39 is 0 Å². The molecule has 0 saturated heterocycles. The Morgan fingerprint density at radius 1 is 1.11 bits per heavy atom. The maximum Gasteiger partial charge on any atom is 0.140 e. The third kappa shape index (κ3) is 2.96. The maximum absolute atomic E-state index is 4.25. The fraction of sp³-hybridized carbons (Fsp3) is 0.429. The number of aryl methyl sites for hydroxylation is 2. The molecule has 0 atom stereocenters. The summed E-state index contributed by atoms with van der Waals surface area (Å²) < 4.78 is 1.92. The zero-order valence-electron chi connectivity index (χ0n) is 11.1. The lowest BCUT2D eigenvalue weighted by molar-refractivity contribution is 0.571. The molecule has 1 N–H and O–H groups in total. The molecule has 0 saturated carbocycles. The molecule has 0 aliphatic carbocycles. The molecule has 0 fully saturated rings. The van der Waals surface area contributed by atoms with Gasteiger partial charge in [0.25, 0.3) is 0 Å². The van der Waals surface area contributed by atoms with Crippen molar-refractivity contribution in [3.05, 3.63) is 47.5 Å². The highest BCUT2D eigenvalue weighted by atomic mass is 15.3. The summed E-state index contributed by atoms with van der Waals surface area (Å²) >= 11 is 0. The van der Waals surface area contributed by atoms with Crippen LogP contribution in [0.4, 0.5) is 0 Å². The first-order chi connectivity index (χ1) is 8.85. The normalized spacial score (nSPS) is 10.8. The SMILES string of the molecule is CCc1ccccc1CNCc1ncnn1CC. The molecule has 18 heavy (non-hydrogen) atoms. The van der Waals surface area contributed by atoms with Crippen molar-refractivity contribution in [1.29, 1.82) is 0 Å². The fourth-order valence-electron chi connectivity index (χ4n) is 2.07. The highest BCUT2D eigenvalue weighted by Gasteiger charge is 2.03. The molecule has 0 unspecified atom stereocenters. The number of nitrogens with one attached hydrogen (secondary N) is 1. The molecular weight excluding hydrogens is 224 g/mol. The fourth-order valence-corrected chi connectivity index (χ4v) is 2.07. The average Bonchev–Trinajstić information content (AvgIpc) is 2.87. The standard InChI is InChI=1S/C14H20N4/c1-3-12-7-5-6-8-13(12)9-15-10-14-16-11-17-18(14)4-2/h5-8,11,15H,3-4,9-10H2,1-2H3. The maximum atomic E-state index is 4.25. The van der Waals surface area contributed by atoms with Crippen LogP contribution in [-0.4, -0.2) is 14.8 Å². The van der Waals surface area contributed by atoms with Gasteiger partial charge in [0.1, 0.15) is 12.2 Å². The molecular formula is C14H20N4.